The van der Waals surface area contributed by atoms with Crippen LogP contribution in [0.4, 0.5) is 32.3 Å². The lowest BCUT2D eigenvalue weighted by Gasteiger charge is -2.37. The van der Waals surface area contributed by atoms with Crippen LogP contribution in [0.1, 0.15) is 31.2 Å². The molecule has 0 bridgehead atoms. The van der Waals surface area contributed by atoms with Gasteiger partial charge in [0.1, 0.15) is 0 Å². The molecule has 3 aliphatic rings. The SMILES string of the molecule is O=C1NNCC(N[C@H](COCCC(=O)N2CCN(c3ncc(C(F)(F)F)cn3)CC2)CC2CCNCC2)C1C(F)(F)F. The lowest BCUT2D eigenvalue weighted by atomic mass is 9.89. The smallest absolute Gasteiger partial charge is 0.379 e. The predicted octanol–water partition coefficient (Wildman–Crippen LogP) is 1.08. The second-order valence-electron chi connectivity index (χ2n) is 10.8. The minimum Gasteiger partial charge on any atom is -0.379 e. The molecule has 236 valence electrons. The first kappa shape index (κ1) is 32.2. The van der Waals surface area contributed by atoms with Crippen molar-refractivity contribution in [3.8, 4) is 0 Å². The summed E-state index contributed by atoms with van der Waals surface area (Å²) in [7, 11) is 0. The summed E-state index contributed by atoms with van der Waals surface area (Å²) in [5.41, 5.74) is 3.64. The van der Waals surface area contributed by atoms with Crippen LogP contribution in [0.3, 0.4) is 0 Å². The second kappa shape index (κ2) is 14.1. The van der Waals surface area contributed by atoms with Gasteiger partial charge in [-0.25, -0.2) is 15.4 Å². The minimum absolute atomic E-state index is 0.0649. The number of piperazine rings is 1. The Morgan fingerprint density at radius 3 is 2.36 bits per heavy atom. The van der Waals surface area contributed by atoms with Crippen LogP contribution in [0.2, 0.25) is 0 Å². The Morgan fingerprint density at radius 1 is 1.07 bits per heavy atom. The van der Waals surface area contributed by atoms with E-state index < -0.39 is 41.8 Å². The van der Waals surface area contributed by atoms with E-state index >= 15 is 0 Å². The van der Waals surface area contributed by atoms with Crippen molar-refractivity contribution in [1.29, 1.82) is 0 Å². The highest BCUT2D eigenvalue weighted by molar-refractivity contribution is 5.80. The number of carbonyl (C=O) groups is 2. The molecule has 0 aromatic carbocycles. The number of aromatic nitrogens is 2. The first-order valence-electron chi connectivity index (χ1n) is 14.0. The lowest BCUT2D eigenvalue weighted by Crippen LogP contribution is -2.65. The Hall–Kier alpha value is -2.76. The number of hydrazine groups is 1. The van der Waals surface area contributed by atoms with Crippen molar-refractivity contribution >= 4 is 17.8 Å². The largest absolute Gasteiger partial charge is 0.419 e. The molecule has 4 heterocycles. The number of nitrogens with zero attached hydrogens (tertiary/aromatic N) is 4. The van der Waals surface area contributed by atoms with E-state index in [1.54, 1.807) is 9.80 Å². The van der Waals surface area contributed by atoms with Gasteiger partial charge in [0.05, 0.1) is 25.2 Å². The Balaban J connectivity index is 1.24. The fraction of sp³-hybridized carbons (Fsp3) is 0.760. The Bertz CT molecular complexity index is 1030. The van der Waals surface area contributed by atoms with Crippen molar-refractivity contribution in [2.45, 2.75) is 50.1 Å². The molecule has 3 saturated heterocycles. The molecule has 42 heavy (non-hydrogen) atoms. The number of piperidine rings is 1. The topological polar surface area (TPSA) is 124 Å². The van der Waals surface area contributed by atoms with Gasteiger partial charge in [0.25, 0.3) is 0 Å². The predicted molar refractivity (Wildman–Crippen MR) is 138 cm³/mol. The van der Waals surface area contributed by atoms with Gasteiger partial charge in [-0.05, 0) is 38.3 Å². The Morgan fingerprint density at radius 2 is 1.74 bits per heavy atom. The van der Waals surface area contributed by atoms with Crippen LogP contribution < -0.4 is 26.4 Å². The third kappa shape index (κ3) is 8.87. The highest BCUT2D eigenvalue weighted by atomic mass is 19.4. The summed E-state index contributed by atoms with van der Waals surface area (Å²) in [6, 6.07) is -1.61. The molecule has 4 rings (SSSR count). The zero-order valence-electron chi connectivity index (χ0n) is 22.9. The molecular weight excluding hydrogens is 574 g/mol. The second-order valence-corrected chi connectivity index (χ2v) is 10.8. The Kier molecular flexibility index (Phi) is 10.8. The number of hydrogen-bond donors (Lipinski definition) is 4. The van der Waals surface area contributed by atoms with E-state index in [1.807, 2.05) is 0 Å². The van der Waals surface area contributed by atoms with Gasteiger partial charge >= 0.3 is 12.4 Å². The van der Waals surface area contributed by atoms with Gasteiger partial charge < -0.3 is 25.2 Å². The van der Waals surface area contributed by atoms with Gasteiger partial charge in [0.2, 0.25) is 17.8 Å². The van der Waals surface area contributed by atoms with E-state index in [0.717, 1.165) is 38.3 Å². The summed E-state index contributed by atoms with van der Waals surface area (Å²) in [5.74, 6) is -3.06. The summed E-state index contributed by atoms with van der Waals surface area (Å²) in [6.45, 7) is 3.06. The summed E-state index contributed by atoms with van der Waals surface area (Å²) in [4.78, 5) is 35.6. The number of nitrogens with one attached hydrogen (secondary N) is 4. The molecule has 11 nitrogen and oxygen atoms in total. The van der Waals surface area contributed by atoms with Crippen LogP contribution in [-0.4, -0.2) is 104 Å². The van der Waals surface area contributed by atoms with E-state index in [2.05, 4.69) is 31.5 Å². The van der Waals surface area contributed by atoms with Gasteiger partial charge in [0.15, 0.2) is 5.92 Å². The number of amides is 2. The van der Waals surface area contributed by atoms with Gasteiger partial charge in [-0.3, -0.25) is 15.0 Å². The maximum absolute atomic E-state index is 13.6. The van der Waals surface area contributed by atoms with E-state index in [1.165, 1.54) is 0 Å². The molecule has 2 amide bonds. The number of alkyl halides is 6. The molecule has 1 aromatic heterocycles. The third-order valence-electron chi connectivity index (χ3n) is 7.76. The molecule has 3 aliphatic heterocycles. The molecule has 2 unspecified atom stereocenters. The van der Waals surface area contributed by atoms with Crippen molar-refractivity contribution in [3.05, 3.63) is 18.0 Å². The van der Waals surface area contributed by atoms with E-state index in [-0.39, 0.29) is 44.0 Å². The van der Waals surface area contributed by atoms with Crippen molar-refractivity contribution in [2.24, 2.45) is 11.8 Å². The fourth-order valence-corrected chi connectivity index (χ4v) is 5.50. The van der Waals surface area contributed by atoms with Crippen molar-refractivity contribution in [2.75, 3.05) is 63.9 Å². The normalized spacial score (nSPS) is 23.5. The maximum Gasteiger partial charge on any atom is 0.419 e. The van der Waals surface area contributed by atoms with Crippen LogP contribution in [0.15, 0.2) is 12.4 Å². The molecule has 3 atom stereocenters. The number of carbonyl (C=O) groups excluding carboxylic acids is 2. The summed E-state index contributed by atoms with van der Waals surface area (Å²) < 4.78 is 84.9. The number of hydrogen-bond acceptors (Lipinski definition) is 9. The van der Waals surface area contributed by atoms with E-state index in [9.17, 15) is 35.9 Å². The highest BCUT2D eigenvalue weighted by Gasteiger charge is 2.51. The van der Waals surface area contributed by atoms with Gasteiger partial charge in [-0.2, -0.15) is 26.3 Å². The van der Waals surface area contributed by atoms with Gasteiger partial charge in [0, 0.05) is 57.2 Å². The molecule has 1 aromatic rings. The molecular formula is C25H36F6N8O3. The molecule has 0 spiro atoms. The highest BCUT2D eigenvalue weighted by Crippen LogP contribution is 2.31. The van der Waals surface area contributed by atoms with Crippen molar-refractivity contribution < 1.29 is 40.7 Å². The van der Waals surface area contributed by atoms with Crippen LogP contribution >= 0.6 is 0 Å². The van der Waals surface area contributed by atoms with Crippen molar-refractivity contribution in [3.63, 3.8) is 0 Å². The standard InChI is InChI=1S/C25H36F6N8O3/c26-24(27,28)17-12-33-23(34-13-17)39-8-6-38(7-9-39)20(40)3-10-42-15-18(11-16-1-4-32-5-2-16)36-19-14-35-37-22(41)21(19)25(29,30)31/h12-13,16,18-19,21,32,35-36H,1-11,14-15H2,(H,37,41)/t18-,19?,21?/m0/s1. The van der Waals surface area contributed by atoms with Gasteiger partial charge in [-0.15, -0.1) is 0 Å². The molecule has 4 N–H and O–H groups in total. The molecule has 0 saturated carbocycles. The van der Waals surface area contributed by atoms with Crippen molar-refractivity contribution in [1.82, 2.24) is 36.4 Å². The lowest BCUT2D eigenvalue weighted by molar-refractivity contribution is -0.193. The van der Waals surface area contributed by atoms with Gasteiger partial charge in [-0.1, -0.05) is 0 Å². The monoisotopic (exact) mass is 610 g/mol. The summed E-state index contributed by atoms with van der Waals surface area (Å²) >= 11 is 0. The average Bonchev–Trinajstić information content (AvgIpc) is 2.95. The molecule has 0 radical (unpaired) electrons. The van der Waals surface area contributed by atoms with Crippen LogP contribution in [0, 0.1) is 11.8 Å². The summed E-state index contributed by atoms with van der Waals surface area (Å²) in [6.07, 6.45) is -5.37. The average molecular weight is 611 g/mol. The molecule has 0 aliphatic carbocycles. The van der Waals surface area contributed by atoms with Crippen LogP contribution in [-0.2, 0) is 20.5 Å². The van der Waals surface area contributed by atoms with Crippen LogP contribution in [0.25, 0.3) is 0 Å². The Labute approximate surface area is 239 Å². The fourth-order valence-electron chi connectivity index (χ4n) is 5.50. The van der Waals surface area contributed by atoms with E-state index in [0.29, 0.717) is 32.6 Å². The number of anilines is 1. The summed E-state index contributed by atoms with van der Waals surface area (Å²) in [5, 5.41) is 6.27. The molecule has 17 heteroatoms. The molecule has 3 fully saturated rings. The zero-order valence-corrected chi connectivity index (χ0v) is 22.9. The minimum atomic E-state index is -4.71. The van der Waals surface area contributed by atoms with Crippen LogP contribution in [0.5, 0.6) is 0 Å². The zero-order chi connectivity index (χ0) is 30.3. The third-order valence-corrected chi connectivity index (χ3v) is 7.76. The first-order chi connectivity index (χ1) is 19.9. The first-order valence-corrected chi connectivity index (χ1v) is 14.0. The maximum atomic E-state index is 13.6. The quantitative estimate of drug-likeness (QED) is 0.228. The van der Waals surface area contributed by atoms with E-state index in [4.69, 9.17) is 4.74 Å². The number of ether oxygens (including phenoxy) is 1. The number of rotatable bonds is 10. The number of halogens is 6.